The van der Waals surface area contributed by atoms with Gasteiger partial charge in [0.25, 0.3) is 0 Å². The molecule has 1 aromatic carbocycles. The zero-order valence-electron chi connectivity index (χ0n) is 11.8. The normalized spacial score (nSPS) is 16.4. The number of Topliss-reactive ketones (excluding diaryl/α,β-unsaturated/α-hetero) is 1. The van der Waals surface area contributed by atoms with E-state index < -0.39 is 0 Å². The molecular weight excluding hydrogens is 256 g/mol. The standard InChI is InChI=1S/C15H22N2O3/c1-11(19)14-3-2-12(10-15(14)16)17-6-4-13(5-7-17)20-9-8-18/h2-3,10,13,18H,4-9,16H2,1H3. The molecule has 2 rings (SSSR count). The van der Waals surface area contributed by atoms with Crippen LogP contribution in [-0.2, 0) is 4.74 Å². The van der Waals surface area contributed by atoms with Gasteiger partial charge in [-0.15, -0.1) is 0 Å². The fourth-order valence-electron chi connectivity index (χ4n) is 2.57. The van der Waals surface area contributed by atoms with E-state index in [4.69, 9.17) is 15.6 Å². The molecule has 3 N–H and O–H groups in total. The minimum absolute atomic E-state index is 0.00911. The van der Waals surface area contributed by atoms with E-state index in [0.29, 0.717) is 17.9 Å². The van der Waals surface area contributed by atoms with Crippen molar-refractivity contribution < 1.29 is 14.6 Å². The molecule has 20 heavy (non-hydrogen) atoms. The molecule has 1 aliphatic rings. The van der Waals surface area contributed by atoms with Crippen LogP contribution in [0.15, 0.2) is 18.2 Å². The third-order valence-corrected chi connectivity index (χ3v) is 3.67. The summed E-state index contributed by atoms with van der Waals surface area (Å²) < 4.78 is 5.54. The van der Waals surface area contributed by atoms with Gasteiger partial charge in [-0.1, -0.05) is 0 Å². The van der Waals surface area contributed by atoms with Crippen molar-refractivity contribution in [2.45, 2.75) is 25.9 Å². The van der Waals surface area contributed by atoms with Crippen molar-refractivity contribution in [3.63, 3.8) is 0 Å². The average Bonchev–Trinajstić information content (AvgIpc) is 2.45. The highest BCUT2D eigenvalue weighted by Gasteiger charge is 2.20. The van der Waals surface area contributed by atoms with Crippen molar-refractivity contribution in [3.05, 3.63) is 23.8 Å². The third-order valence-electron chi connectivity index (χ3n) is 3.67. The maximum atomic E-state index is 11.4. The number of carbonyl (C=O) groups excluding carboxylic acids is 1. The van der Waals surface area contributed by atoms with E-state index in [-0.39, 0.29) is 18.5 Å². The molecule has 1 fully saturated rings. The molecule has 0 unspecified atom stereocenters. The number of nitrogen functional groups attached to an aromatic ring is 1. The van der Waals surface area contributed by atoms with E-state index in [1.54, 1.807) is 6.07 Å². The molecule has 1 aromatic rings. The summed E-state index contributed by atoms with van der Waals surface area (Å²) in [6, 6.07) is 5.61. The fourth-order valence-corrected chi connectivity index (χ4v) is 2.57. The second kappa shape index (κ2) is 6.72. The lowest BCUT2D eigenvalue weighted by Crippen LogP contribution is -2.37. The van der Waals surface area contributed by atoms with E-state index >= 15 is 0 Å². The van der Waals surface area contributed by atoms with Crippen molar-refractivity contribution in [3.8, 4) is 0 Å². The molecule has 110 valence electrons. The molecule has 0 aliphatic carbocycles. The third kappa shape index (κ3) is 3.49. The van der Waals surface area contributed by atoms with Crippen LogP contribution in [-0.4, -0.2) is 43.3 Å². The van der Waals surface area contributed by atoms with Crippen LogP contribution in [0.2, 0.25) is 0 Å². The zero-order chi connectivity index (χ0) is 14.5. The summed E-state index contributed by atoms with van der Waals surface area (Å²) in [5.41, 5.74) is 8.09. The van der Waals surface area contributed by atoms with Crippen molar-refractivity contribution in [2.75, 3.05) is 36.9 Å². The van der Waals surface area contributed by atoms with Crippen LogP contribution in [0.5, 0.6) is 0 Å². The number of ketones is 1. The van der Waals surface area contributed by atoms with E-state index in [9.17, 15) is 4.79 Å². The summed E-state index contributed by atoms with van der Waals surface area (Å²) in [5, 5.41) is 8.75. The van der Waals surface area contributed by atoms with Crippen molar-refractivity contribution >= 4 is 17.2 Å². The number of hydrogen-bond donors (Lipinski definition) is 2. The minimum atomic E-state index is -0.00911. The molecule has 5 heteroatoms. The van der Waals surface area contributed by atoms with Crippen molar-refractivity contribution in [2.24, 2.45) is 0 Å². The SMILES string of the molecule is CC(=O)c1ccc(N2CCC(OCCO)CC2)cc1N. The van der Waals surface area contributed by atoms with E-state index in [1.165, 1.54) is 6.92 Å². The number of ether oxygens (including phenoxy) is 1. The van der Waals surface area contributed by atoms with Crippen molar-refractivity contribution in [1.82, 2.24) is 0 Å². The van der Waals surface area contributed by atoms with Gasteiger partial charge in [-0.05, 0) is 38.0 Å². The van der Waals surface area contributed by atoms with Gasteiger partial charge in [0.1, 0.15) is 0 Å². The molecular formula is C15H22N2O3. The predicted molar refractivity (Wildman–Crippen MR) is 79.1 cm³/mol. The first-order valence-electron chi connectivity index (χ1n) is 6.99. The van der Waals surface area contributed by atoms with Gasteiger partial charge in [-0.3, -0.25) is 4.79 Å². The molecule has 0 aromatic heterocycles. The highest BCUT2D eigenvalue weighted by atomic mass is 16.5. The Morgan fingerprint density at radius 3 is 2.70 bits per heavy atom. The number of piperidine rings is 1. The van der Waals surface area contributed by atoms with Gasteiger partial charge in [-0.2, -0.15) is 0 Å². The number of anilines is 2. The topological polar surface area (TPSA) is 75.8 Å². The number of aliphatic hydroxyl groups excluding tert-OH is 1. The number of carbonyl (C=O) groups is 1. The summed E-state index contributed by atoms with van der Waals surface area (Å²) in [6.07, 6.45) is 2.11. The number of benzene rings is 1. The molecule has 0 amide bonds. The van der Waals surface area contributed by atoms with E-state index in [1.807, 2.05) is 12.1 Å². The van der Waals surface area contributed by atoms with Crippen LogP contribution in [0.4, 0.5) is 11.4 Å². The lowest BCUT2D eigenvalue weighted by Gasteiger charge is -2.33. The first kappa shape index (κ1) is 14.8. The maximum Gasteiger partial charge on any atom is 0.161 e. The molecule has 0 atom stereocenters. The number of nitrogens with two attached hydrogens (primary N) is 1. The average molecular weight is 278 g/mol. The first-order valence-corrected chi connectivity index (χ1v) is 6.99. The Labute approximate surface area is 119 Å². The van der Waals surface area contributed by atoms with Gasteiger partial charge < -0.3 is 20.5 Å². The molecule has 1 aliphatic heterocycles. The summed E-state index contributed by atoms with van der Waals surface area (Å²) in [6.45, 7) is 3.80. The Hall–Kier alpha value is -1.59. The quantitative estimate of drug-likeness (QED) is 0.630. The fraction of sp³-hybridized carbons (Fsp3) is 0.533. The second-order valence-corrected chi connectivity index (χ2v) is 5.11. The van der Waals surface area contributed by atoms with Gasteiger partial charge in [-0.25, -0.2) is 0 Å². The maximum absolute atomic E-state index is 11.4. The van der Waals surface area contributed by atoms with Crippen LogP contribution < -0.4 is 10.6 Å². The Morgan fingerprint density at radius 1 is 1.45 bits per heavy atom. The summed E-state index contributed by atoms with van der Waals surface area (Å²) in [5.74, 6) is -0.00911. The molecule has 1 saturated heterocycles. The number of aliphatic hydroxyl groups is 1. The van der Waals surface area contributed by atoms with Gasteiger partial charge in [0.05, 0.1) is 19.3 Å². The Bertz CT molecular complexity index is 468. The van der Waals surface area contributed by atoms with Crippen LogP contribution in [0, 0.1) is 0 Å². The van der Waals surface area contributed by atoms with Gasteiger partial charge in [0.2, 0.25) is 0 Å². The molecule has 0 spiro atoms. The number of nitrogens with zero attached hydrogens (tertiary/aromatic N) is 1. The Kier molecular flexibility index (Phi) is 4.98. The largest absolute Gasteiger partial charge is 0.398 e. The van der Waals surface area contributed by atoms with Crippen LogP contribution in [0.1, 0.15) is 30.1 Å². The lowest BCUT2D eigenvalue weighted by molar-refractivity contribution is 0.0159. The van der Waals surface area contributed by atoms with Crippen molar-refractivity contribution in [1.29, 1.82) is 0 Å². The van der Waals surface area contributed by atoms with E-state index in [2.05, 4.69) is 4.90 Å². The second-order valence-electron chi connectivity index (χ2n) is 5.11. The molecule has 0 saturated carbocycles. The van der Waals surface area contributed by atoms with E-state index in [0.717, 1.165) is 31.6 Å². The molecule has 0 bridgehead atoms. The van der Waals surface area contributed by atoms with Gasteiger partial charge in [0, 0.05) is 30.0 Å². The van der Waals surface area contributed by atoms with Crippen LogP contribution >= 0.6 is 0 Å². The van der Waals surface area contributed by atoms with Crippen LogP contribution in [0.3, 0.4) is 0 Å². The number of hydrogen-bond acceptors (Lipinski definition) is 5. The van der Waals surface area contributed by atoms with Gasteiger partial charge >= 0.3 is 0 Å². The molecule has 5 nitrogen and oxygen atoms in total. The Morgan fingerprint density at radius 2 is 2.15 bits per heavy atom. The highest BCUT2D eigenvalue weighted by molar-refractivity contribution is 5.99. The molecule has 1 heterocycles. The minimum Gasteiger partial charge on any atom is -0.398 e. The smallest absolute Gasteiger partial charge is 0.161 e. The summed E-state index contributed by atoms with van der Waals surface area (Å²) in [4.78, 5) is 13.6. The highest BCUT2D eigenvalue weighted by Crippen LogP contribution is 2.25. The Balaban J connectivity index is 1.97. The summed E-state index contributed by atoms with van der Waals surface area (Å²) >= 11 is 0. The monoisotopic (exact) mass is 278 g/mol. The van der Waals surface area contributed by atoms with Gasteiger partial charge in [0.15, 0.2) is 5.78 Å². The number of rotatable bonds is 5. The summed E-state index contributed by atoms with van der Waals surface area (Å²) in [7, 11) is 0. The first-order chi connectivity index (χ1) is 9.61. The van der Waals surface area contributed by atoms with Crippen LogP contribution in [0.25, 0.3) is 0 Å². The molecule has 0 radical (unpaired) electrons. The lowest BCUT2D eigenvalue weighted by atomic mass is 10.0. The zero-order valence-corrected chi connectivity index (χ0v) is 11.8. The predicted octanol–water partition coefficient (Wildman–Crippen LogP) is 1.45.